The minimum Gasteiger partial charge on any atom is -0.323 e. The van der Waals surface area contributed by atoms with Crippen molar-refractivity contribution >= 4 is 6.03 Å². The van der Waals surface area contributed by atoms with E-state index in [1.165, 1.54) is 4.90 Å². The number of amides is 2. The summed E-state index contributed by atoms with van der Waals surface area (Å²) in [5, 5.41) is 2.26. The van der Waals surface area contributed by atoms with Gasteiger partial charge in [0.1, 0.15) is 5.54 Å². The molecule has 0 aromatic carbocycles. The van der Waals surface area contributed by atoms with Gasteiger partial charge in [0.15, 0.2) is 0 Å². The molecule has 0 spiro atoms. The van der Waals surface area contributed by atoms with Gasteiger partial charge in [-0.15, -0.1) is 0 Å². The number of pyridine rings is 1. The van der Waals surface area contributed by atoms with Crippen LogP contribution in [0, 0.1) is 0 Å². The number of carbonyl (C=O) groups is 1. The molecule has 0 atom stereocenters. The number of hydrogen-bond acceptors (Lipinski definition) is 2. The van der Waals surface area contributed by atoms with Gasteiger partial charge in [0.2, 0.25) is 0 Å². The Morgan fingerprint density at radius 3 is 2.41 bits per heavy atom. The van der Waals surface area contributed by atoms with Crippen LogP contribution in [0.25, 0.3) is 0 Å². The molecule has 0 unspecified atom stereocenters. The van der Waals surface area contributed by atoms with Crippen molar-refractivity contribution in [2.75, 3.05) is 0 Å². The second-order valence-electron chi connectivity index (χ2n) is 6.08. The van der Waals surface area contributed by atoms with Crippen molar-refractivity contribution in [3.63, 3.8) is 0 Å². The van der Waals surface area contributed by atoms with Crippen LogP contribution in [0.3, 0.4) is 0 Å². The van der Waals surface area contributed by atoms with Gasteiger partial charge in [0.05, 0.1) is 0 Å². The van der Waals surface area contributed by atoms with Crippen LogP contribution in [0.1, 0.15) is 37.7 Å². The van der Waals surface area contributed by atoms with Crippen molar-refractivity contribution in [2.45, 2.75) is 56.4 Å². The van der Waals surface area contributed by atoms with E-state index in [1.54, 1.807) is 24.5 Å². The first-order valence-electron chi connectivity index (χ1n) is 7.46. The van der Waals surface area contributed by atoms with Crippen molar-refractivity contribution < 1.29 is 18.0 Å². The zero-order chi connectivity index (χ0) is 15.8. The van der Waals surface area contributed by atoms with Crippen LogP contribution in [0.4, 0.5) is 18.0 Å². The number of nitrogens with zero attached hydrogens (tertiary/aromatic N) is 2. The number of rotatable bonds is 4. The summed E-state index contributed by atoms with van der Waals surface area (Å²) in [6.45, 7) is 0.312. The Kier molecular flexibility index (Phi) is 3.74. The average Bonchev–Trinajstić information content (AvgIpc) is 3.24. The van der Waals surface area contributed by atoms with E-state index in [2.05, 4.69) is 10.3 Å². The lowest BCUT2D eigenvalue weighted by Crippen LogP contribution is -2.65. The van der Waals surface area contributed by atoms with Gasteiger partial charge in [-0.3, -0.25) is 4.98 Å². The molecule has 0 radical (unpaired) electrons. The largest absolute Gasteiger partial charge is 0.411 e. The van der Waals surface area contributed by atoms with Crippen LogP contribution in [0.2, 0.25) is 0 Å². The molecule has 0 saturated heterocycles. The lowest BCUT2D eigenvalue weighted by molar-refractivity contribution is -0.215. The third kappa shape index (κ3) is 2.89. The highest BCUT2D eigenvalue weighted by molar-refractivity contribution is 5.76. The van der Waals surface area contributed by atoms with Crippen LogP contribution in [0.15, 0.2) is 24.5 Å². The molecule has 7 heteroatoms. The first-order valence-corrected chi connectivity index (χ1v) is 7.46. The maximum Gasteiger partial charge on any atom is 0.411 e. The smallest absolute Gasteiger partial charge is 0.323 e. The van der Waals surface area contributed by atoms with E-state index in [4.69, 9.17) is 0 Å². The predicted molar refractivity (Wildman–Crippen MR) is 74.0 cm³/mol. The lowest BCUT2D eigenvalue weighted by Gasteiger charge is -2.44. The van der Waals surface area contributed by atoms with Crippen molar-refractivity contribution in [2.24, 2.45) is 0 Å². The first kappa shape index (κ1) is 15.1. The van der Waals surface area contributed by atoms with E-state index >= 15 is 0 Å². The summed E-state index contributed by atoms with van der Waals surface area (Å²) in [5.41, 5.74) is -1.16. The fraction of sp³-hybridized carbons (Fsp3) is 0.600. The number of alkyl halides is 3. The summed E-state index contributed by atoms with van der Waals surface area (Å²) in [7, 11) is 0. The minimum absolute atomic E-state index is 0.0317. The van der Waals surface area contributed by atoms with E-state index in [1.807, 2.05) is 0 Å². The van der Waals surface area contributed by atoms with Crippen molar-refractivity contribution in [1.29, 1.82) is 0 Å². The molecular formula is C15H18F3N3O. The van der Waals surface area contributed by atoms with E-state index in [9.17, 15) is 18.0 Å². The number of hydrogen-bond donors (Lipinski definition) is 1. The molecule has 4 nitrogen and oxygen atoms in total. The SMILES string of the molecule is O=C(NC1(C(F)(F)F)CCC1)N(Cc1ccncc1)C1CC1. The van der Waals surface area contributed by atoms with Gasteiger partial charge in [-0.05, 0) is 49.8 Å². The normalized spacial score (nSPS) is 20.1. The van der Waals surface area contributed by atoms with Crippen molar-refractivity contribution in [1.82, 2.24) is 15.2 Å². The molecule has 1 aromatic rings. The fourth-order valence-corrected chi connectivity index (χ4v) is 2.72. The Morgan fingerprint density at radius 1 is 1.32 bits per heavy atom. The monoisotopic (exact) mass is 313 g/mol. The van der Waals surface area contributed by atoms with Gasteiger partial charge in [0, 0.05) is 25.0 Å². The highest BCUT2D eigenvalue weighted by Crippen LogP contribution is 2.45. The summed E-state index contributed by atoms with van der Waals surface area (Å²) in [4.78, 5) is 17.8. The second kappa shape index (κ2) is 5.44. The molecule has 2 amide bonds. The van der Waals surface area contributed by atoms with Crippen LogP contribution < -0.4 is 5.32 Å². The molecule has 3 rings (SSSR count). The van der Waals surface area contributed by atoms with Gasteiger partial charge >= 0.3 is 12.2 Å². The van der Waals surface area contributed by atoms with Crippen LogP contribution in [0.5, 0.6) is 0 Å². The summed E-state index contributed by atoms with van der Waals surface area (Å²) < 4.78 is 39.5. The number of carbonyl (C=O) groups excluding carboxylic acids is 1. The number of halogens is 3. The highest BCUT2D eigenvalue weighted by Gasteiger charge is 2.59. The molecule has 2 aliphatic carbocycles. The Balaban J connectivity index is 1.71. The van der Waals surface area contributed by atoms with Gasteiger partial charge in [-0.2, -0.15) is 13.2 Å². The summed E-state index contributed by atoms with van der Waals surface area (Å²) >= 11 is 0. The van der Waals surface area contributed by atoms with E-state index in [0.717, 1.165) is 18.4 Å². The third-order valence-corrected chi connectivity index (χ3v) is 4.45. The Bertz CT molecular complexity index is 539. The first-order chi connectivity index (χ1) is 10.4. The topological polar surface area (TPSA) is 45.2 Å². The number of aromatic nitrogens is 1. The molecule has 1 heterocycles. The molecule has 2 fully saturated rings. The summed E-state index contributed by atoms with van der Waals surface area (Å²) in [6.07, 6.45) is 0.949. The van der Waals surface area contributed by atoms with Gasteiger partial charge in [-0.25, -0.2) is 4.79 Å². The van der Waals surface area contributed by atoms with Crippen LogP contribution in [-0.4, -0.2) is 33.7 Å². The third-order valence-electron chi connectivity index (χ3n) is 4.45. The van der Waals surface area contributed by atoms with Crippen molar-refractivity contribution in [3.05, 3.63) is 30.1 Å². The highest BCUT2D eigenvalue weighted by atomic mass is 19.4. The fourth-order valence-electron chi connectivity index (χ4n) is 2.72. The van der Waals surface area contributed by atoms with E-state index in [-0.39, 0.29) is 18.9 Å². The molecule has 1 aromatic heterocycles. The molecule has 0 aliphatic heterocycles. The minimum atomic E-state index is -4.40. The summed E-state index contributed by atoms with van der Waals surface area (Å²) in [6, 6.07) is 2.96. The van der Waals surface area contributed by atoms with Gasteiger partial charge in [-0.1, -0.05) is 0 Å². The van der Waals surface area contributed by atoms with E-state index < -0.39 is 17.7 Å². The quantitative estimate of drug-likeness (QED) is 0.927. The van der Waals surface area contributed by atoms with Crippen LogP contribution >= 0.6 is 0 Å². The molecule has 120 valence electrons. The van der Waals surface area contributed by atoms with Crippen molar-refractivity contribution in [3.8, 4) is 0 Å². The lowest BCUT2D eigenvalue weighted by atomic mass is 9.76. The molecule has 2 saturated carbocycles. The van der Waals surface area contributed by atoms with Gasteiger partial charge in [0.25, 0.3) is 0 Å². The Morgan fingerprint density at radius 2 is 1.95 bits per heavy atom. The maximum absolute atomic E-state index is 13.2. The molecule has 1 N–H and O–H groups in total. The number of urea groups is 1. The molecule has 0 bridgehead atoms. The van der Waals surface area contributed by atoms with E-state index in [0.29, 0.717) is 13.0 Å². The Labute approximate surface area is 126 Å². The van der Waals surface area contributed by atoms with Gasteiger partial charge < -0.3 is 10.2 Å². The zero-order valence-corrected chi connectivity index (χ0v) is 12.1. The second-order valence-corrected chi connectivity index (χ2v) is 6.08. The average molecular weight is 313 g/mol. The summed E-state index contributed by atoms with van der Waals surface area (Å²) in [5.74, 6) is 0. The molecular weight excluding hydrogens is 295 g/mol. The standard InChI is InChI=1S/C15H18F3N3O/c16-15(17,18)14(6-1-7-14)20-13(22)21(12-2-3-12)10-11-4-8-19-9-5-11/h4-5,8-9,12H,1-3,6-7,10H2,(H,20,22). The number of nitrogens with one attached hydrogen (secondary N) is 1. The van der Waals surface area contributed by atoms with Crippen LogP contribution in [-0.2, 0) is 6.54 Å². The maximum atomic E-state index is 13.2. The predicted octanol–water partition coefficient (Wildman–Crippen LogP) is 3.24. The Hall–Kier alpha value is -1.79. The zero-order valence-electron chi connectivity index (χ0n) is 12.1. The molecule has 2 aliphatic rings. The molecule has 22 heavy (non-hydrogen) atoms.